The topological polar surface area (TPSA) is 89.3 Å². The lowest BCUT2D eigenvalue weighted by Gasteiger charge is -2.23. The lowest BCUT2D eigenvalue weighted by atomic mass is 10.2. The van der Waals surface area contributed by atoms with Crippen molar-refractivity contribution in [1.29, 1.82) is 0 Å². The van der Waals surface area contributed by atoms with E-state index in [1.165, 1.54) is 0 Å². The van der Waals surface area contributed by atoms with Gasteiger partial charge < -0.3 is 15.2 Å². The first kappa shape index (κ1) is 13.8. The van der Waals surface area contributed by atoms with Crippen molar-refractivity contribution in [3.63, 3.8) is 0 Å². The van der Waals surface area contributed by atoms with Crippen LogP contribution in [0.25, 0.3) is 0 Å². The Hall–Kier alpha value is -1.63. The van der Waals surface area contributed by atoms with E-state index in [9.17, 15) is 4.79 Å². The second-order valence-electron chi connectivity index (χ2n) is 5.97. The summed E-state index contributed by atoms with van der Waals surface area (Å²) in [6.45, 7) is 5.90. The van der Waals surface area contributed by atoms with E-state index >= 15 is 0 Å². The molecule has 0 saturated heterocycles. The van der Waals surface area contributed by atoms with E-state index in [1.54, 1.807) is 10.9 Å². The molecule has 1 saturated carbocycles. The summed E-state index contributed by atoms with van der Waals surface area (Å²) in [7, 11) is 0. The van der Waals surface area contributed by atoms with Crippen LogP contribution < -0.4 is 5.32 Å². The predicted octanol–water partition coefficient (Wildman–Crippen LogP) is 0.828. The third-order valence-corrected chi connectivity index (χ3v) is 2.83. The molecule has 19 heavy (non-hydrogen) atoms. The highest BCUT2D eigenvalue weighted by Gasteiger charge is 2.45. The molecule has 0 spiro atoms. The maximum Gasteiger partial charge on any atom is 0.408 e. The molecular formula is C12H20N4O3. The minimum absolute atomic E-state index is 0.132. The second kappa shape index (κ2) is 4.80. The molecule has 0 aliphatic heterocycles. The summed E-state index contributed by atoms with van der Waals surface area (Å²) in [5.41, 5.74) is -0.270. The van der Waals surface area contributed by atoms with E-state index in [0.717, 1.165) is 12.8 Å². The number of hydrogen-bond donors (Lipinski definition) is 2. The van der Waals surface area contributed by atoms with Crippen molar-refractivity contribution in [2.24, 2.45) is 0 Å². The minimum atomic E-state index is -0.503. The van der Waals surface area contributed by atoms with Gasteiger partial charge in [0.1, 0.15) is 11.3 Å². The van der Waals surface area contributed by atoms with Gasteiger partial charge >= 0.3 is 6.09 Å². The van der Waals surface area contributed by atoms with Crippen LogP contribution >= 0.6 is 0 Å². The molecule has 0 aromatic carbocycles. The maximum absolute atomic E-state index is 11.7. The van der Waals surface area contributed by atoms with Gasteiger partial charge in [-0.3, -0.25) is 0 Å². The van der Waals surface area contributed by atoms with Crippen molar-refractivity contribution in [3.8, 4) is 0 Å². The van der Waals surface area contributed by atoms with Crippen molar-refractivity contribution in [3.05, 3.63) is 11.9 Å². The van der Waals surface area contributed by atoms with Crippen LogP contribution in [0.4, 0.5) is 4.79 Å². The highest BCUT2D eigenvalue weighted by molar-refractivity contribution is 5.69. The number of hydrogen-bond acceptors (Lipinski definition) is 5. The Bertz CT molecular complexity index is 460. The molecule has 1 aromatic heterocycles. The first-order valence-corrected chi connectivity index (χ1v) is 6.33. The Morgan fingerprint density at radius 1 is 1.58 bits per heavy atom. The van der Waals surface area contributed by atoms with Gasteiger partial charge in [-0.05, 0) is 33.6 Å². The largest absolute Gasteiger partial charge is 0.444 e. The Labute approximate surface area is 111 Å². The van der Waals surface area contributed by atoms with E-state index in [-0.39, 0.29) is 12.1 Å². The molecule has 0 unspecified atom stereocenters. The second-order valence-corrected chi connectivity index (χ2v) is 5.97. The van der Waals surface area contributed by atoms with Crippen molar-refractivity contribution in [1.82, 2.24) is 20.3 Å². The first-order chi connectivity index (χ1) is 8.82. The lowest BCUT2D eigenvalue weighted by molar-refractivity contribution is 0.0489. The van der Waals surface area contributed by atoms with Gasteiger partial charge in [-0.2, -0.15) is 0 Å². The molecule has 1 heterocycles. The first-order valence-electron chi connectivity index (χ1n) is 6.33. The standard InChI is InChI=1S/C12H20N4O3/c1-11(2,3)19-10(18)13-12(4-5-12)8-16-6-9(7-17)14-15-16/h6,17H,4-5,7-8H2,1-3H3,(H,13,18). The van der Waals surface area contributed by atoms with Crippen molar-refractivity contribution >= 4 is 6.09 Å². The van der Waals surface area contributed by atoms with E-state index in [4.69, 9.17) is 9.84 Å². The molecule has 7 nitrogen and oxygen atoms in total. The summed E-state index contributed by atoms with van der Waals surface area (Å²) in [5.74, 6) is 0. The molecule has 1 aliphatic carbocycles. The third kappa shape index (κ3) is 3.92. The van der Waals surface area contributed by atoms with Gasteiger partial charge in [-0.1, -0.05) is 5.21 Å². The van der Waals surface area contributed by atoms with Crippen LogP contribution in [0.15, 0.2) is 6.20 Å². The molecular weight excluding hydrogens is 248 g/mol. The fourth-order valence-electron chi connectivity index (χ4n) is 1.79. The van der Waals surface area contributed by atoms with Gasteiger partial charge in [-0.15, -0.1) is 5.10 Å². The van der Waals surface area contributed by atoms with Gasteiger partial charge in [0, 0.05) is 0 Å². The Morgan fingerprint density at radius 2 is 2.26 bits per heavy atom. The van der Waals surface area contributed by atoms with Gasteiger partial charge in [0.2, 0.25) is 0 Å². The Balaban J connectivity index is 1.91. The number of rotatable bonds is 4. The fourth-order valence-corrected chi connectivity index (χ4v) is 1.79. The predicted molar refractivity (Wildman–Crippen MR) is 67.3 cm³/mol. The zero-order valence-corrected chi connectivity index (χ0v) is 11.5. The Kier molecular flexibility index (Phi) is 3.49. The number of alkyl carbamates (subject to hydrolysis) is 1. The number of amides is 1. The van der Waals surface area contributed by atoms with Crippen LogP contribution in [0.2, 0.25) is 0 Å². The molecule has 1 aromatic rings. The number of aliphatic hydroxyl groups excluding tert-OH is 1. The normalized spacial score (nSPS) is 17.1. The number of ether oxygens (including phenoxy) is 1. The van der Waals surface area contributed by atoms with Crippen molar-refractivity contribution in [2.45, 2.75) is 57.9 Å². The van der Waals surface area contributed by atoms with Gasteiger partial charge in [-0.25, -0.2) is 9.48 Å². The van der Waals surface area contributed by atoms with Gasteiger partial charge in [0.05, 0.1) is 24.9 Å². The number of carbonyl (C=O) groups excluding carboxylic acids is 1. The molecule has 2 N–H and O–H groups in total. The molecule has 7 heteroatoms. The van der Waals surface area contributed by atoms with E-state index in [1.807, 2.05) is 20.8 Å². The summed E-state index contributed by atoms with van der Waals surface area (Å²) in [6, 6.07) is 0. The smallest absolute Gasteiger partial charge is 0.408 e. The van der Waals surface area contributed by atoms with E-state index < -0.39 is 11.7 Å². The summed E-state index contributed by atoms with van der Waals surface area (Å²) in [5, 5.41) is 19.5. The molecule has 1 fully saturated rings. The molecule has 1 aliphatic rings. The average molecular weight is 268 g/mol. The van der Waals surface area contributed by atoms with Crippen LogP contribution in [0.1, 0.15) is 39.3 Å². The SMILES string of the molecule is CC(C)(C)OC(=O)NC1(Cn2cc(CO)nn2)CC1. The van der Waals surface area contributed by atoms with Gasteiger partial charge in [0.25, 0.3) is 0 Å². The lowest BCUT2D eigenvalue weighted by Crippen LogP contribution is -2.43. The third-order valence-electron chi connectivity index (χ3n) is 2.83. The fraction of sp³-hybridized carbons (Fsp3) is 0.750. The van der Waals surface area contributed by atoms with Crippen LogP contribution in [0.3, 0.4) is 0 Å². The van der Waals surface area contributed by atoms with Crippen LogP contribution in [-0.4, -0.2) is 37.3 Å². The maximum atomic E-state index is 11.7. The van der Waals surface area contributed by atoms with Crippen molar-refractivity contribution < 1.29 is 14.6 Å². The minimum Gasteiger partial charge on any atom is -0.444 e. The van der Waals surface area contributed by atoms with Crippen LogP contribution in [-0.2, 0) is 17.9 Å². The van der Waals surface area contributed by atoms with Crippen molar-refractivity contribution in [2.75, 3.05) is 0 Å². The number of nitrogens with zero attached hydrogens (tertiary/aromatic N) is 3. The molecule has 0 bridgehead atoms. The molecule has 0 atom stereocenters. The highest BCUT2D eigenvalue weighted by Crippen LogP contribution is 2.37. The quantitative estimate of drug-likeness (QED) is 0.844. The van der Waals surface area contributed by atoms with E-state index in [2.05, 4.69) is 15.6 Å². The molecule has 1 amide bonds. The number of aliphatic hydroxyl groups is 1. The van der Waals surface area contributed by atoms with Crippen LogP contribution in [0, 0.1) is 0 Å². The number of nitrogens with one attached hydrogen (secondary N) is 1. The molecule has 0 radical (unpaired) electrons. The van der Waals surface area contributed by atoms with Crippen LogP contribution in [0.5, 0.6) is 0 Å². The zero-order valence-electron chi connectivity index (χ0n) is 11.5. The number of carbonyl (C=O) groups is 1. The van der Waals surface area contributed by atoms with E-state index in [0.29, 0.717) is 12.2 Å². The summed E-state index contributed by atoms with van der Waals surface area (Å²) >= 11 is 0. The monoisotopic (exact) mass is 268 g/mol. The number of aromatic nitrogens is 3. The summed E-state index contributed by atoms with van der Waals surface area (Å²) in [4.78, 5) is 11.7. The molecule has 106 valence electrons. The Morgan fingerprint density at radius 3 is 2.74 bits per heavy atom. The highest BCUT2D eigenvalue weighted by atomic mass is 16.6. The van der Waals surface area contributed by atoms with Gasteiger partial charge in [0.15, 0.2) is 0 Å². The zero-order chi connectivity index (χ0) is 14.1. The average Bonchev–Trinajstić information content (AvgIpc) is 2.85. The summed E-state index contributed by atoms with van der Waals surface area (Å²) < 4.78 is 6.88. The molecule has 2 rings (SSSR count). The summed E-state index contributed by atoms with van der Waals surface area (Å²) in [6.07, 6.45) is 3.05.